The van der Waals surface area contributed by atoms with E-state index >= 15 is 0 Å². The van der Waals surface area contributed by atoms with Crippen LogP contribution in [-0.4, -0.2) is 20.7 Å². The second-order valence-electron chi connectivity index (χ2n) is 9.48. The molecule has 2 aromatic heterocycles. The molecule has 7 rings (SSSR count). The smallest absolute Gasteiger partial charge is 0.246 e. The first-order chi connectivity index (χ1) is 14.6. The molecule has 4 bridgehead atoms. The molecule has 0 atom stereocenters. The Morgan fingerprint density at radius 3 is 2.50 bits per heavy atom. The van der Waals surface area contributed by atoms with Crippen LogP contribution in [-0.2, 0) is 16.8 Å². The molecule has 154 valence electrons. The fourth-order valence-corrected chi connectivity index (χ4v) is 7.55. The number of benzene rings is 1. The minimum atomic E-state index is -0.156. The molecule has 2 heterocycles. The van der Waals surface area contributed by atoms with E-state index in [1.807, 2.05) is 18.2 Å². The van der Waals surface area contributed by atoms with Crippen LogP contribution in [0.4, 0.5) is 5.13 Å². The van der Waals surface area contributed by atoms with Gasteiger partial charge in [-0.2, -0.15) is 0 Å². The second kappa shape index (κ2) is 6.74. The van der Waals surface area contributed by atoms with Crippen LogP contribution in [0.15, 0.2) is 41.3 Å². The first kappa shape index (κ1) is 18.2. The zero-order valence-electron chi connectivity index (χ0n) is 16.7. The van der Waals surface area contributed by atoms with Gasteiger partial charge in [0.05, 0.1) is 5.52 Å². The lowest BCUT2D eigenvalue weighted by atomic mass is 9.50. The number of nitrogens with one attached hydrogen (secondary N) is 1. The van der Waals surface area contributed by atoms with E-state index in [1.54, 1.807) is 28.2 Å². The SMILES string of the molecule is O=C(Cn1ccc(=O)c2ccccc21)Nc1nnc(C23CC4CC(CC(C4)C2)C3)s1. The molecule has 0 saturated heterocycles. The standard InChI is InChI=1S/C23H24N4O2S/c28-19-5-6-27(18-4-2-1-3-17(18)19)13-20(29)24-22-26-25-21(30-22)23-10-14-7-15(11-23)9-16(8-14)12-23/h1-6,14-16H,7-13H2,(H,24,26,29). The molecule has 7 heteroatoms. The molecule has 30 heavy (non-hydrogen) atoms. The Kier molecular flexibility index (Phi) is 4.10. The van der Waals surface area contributed by atoms with Gasteiger partial charge in [0.15, 0.2) is 5.43 Å². The van der Waals surface area contributed by atoms with Crippen LogP contribution < -0.4 is 10.7 Å². The average Bonchev–Trinajstić information content (AvgIpc) is 3.19. The summed E-state index contributed by atoms with van der Waals surface area (Å²) in [5.74, 6) is 2.41. The van der Waals surface area contributed by atoms with Gasteiger partial charge < -0.3 is 4.57 Å². The zero-order chi connectivity index (χ0) is 20.3. The number of rotatable bonds is 4. The van der Waals surface area contributed by atoms with Gasteiger partial charge in [0.1, 0.15) is 11.6 Å². The van der Waals surface area contributed by atoms with Gasteiger partial charge in [0.25, 0.3) is 0 Å². The molecule has 6 nitrogen and oxygen atoms in total. The minimum Gasteiger partial charge on any atom is -0.338 e. The third-order valence-corrected chi connectivity index (χ3v) is 8.45. The van der Waals surface area contributed by atoms with Crippen molar-refractivity contribution in [3.05, 3.63) is 51.8 Å². The molecular formula is C23H24N4O2S. The minimum absolute atomic E-state index is 0.0356. The van der Waals surface area contributed by atoms with Crippen LogP contribution in [0, 0.1) is 17.8 Å². The van der Waals surface area contributed by atoms with Crippen LogP contribution >= 0.6 is 11.3 Å². The second-order valence-corrected chi connectivity index (χ2v) is 10.5. The van der Waals surface area contributed by atoms with Crippen molar-refractivity contribution in [3.63, 3.8) is 0 Å². The molecule has 4 fully saturated rings. The topological polar surface area (TPSA) is 76.9 Å². The number of hydrogen-bond donors (Lipinski definition) is 1. The number of carbonyl (C=O) groups excluding carboxylic acids is 1. The van der Waals surface area contributed by atoms with E-state index in [9.17, 15) is 9.59 Å². The number of fused-ring (bicyclic) bond motifs is 1. The lowest BCUT2D eigenvalue weighted by Gasteiger charge is -2.55. The van der Waals surface area contributed by atoms with Crippen molar-refractivity contribution in [2.75, 3.05) is 5.32 Å². The van der Waals surface area contributed by atoms with Gasteiger partial charge in [0, 0.05) is 23.1 Å². The van der Waals surface area contributed by atoms with Crippen molar-refractivity contribution in [3.8, 4) is 0 Å². The Hall–Kier alpha value is -2.54. The van der Waals surface area contributed by atoms with Gasteiger partial charge in [-0.3, -0.25) is 14.9 Å². The van der Waals surface area contributed by atoms with E-state index in [-0.39, 0.29) is 23.3 Å². The average molecular weight is 421 g/mol. The predicted octanol–water partition coefficient (Wildman–Crippen LogP) is 3.96. The van der Waals surface area contributed by atoms with Gasteiger partial charge in [-0.1, -0.05) is 23.5 Å². The van der Waals surface area contributed by atoms with E-state index in [4.69, 9.17) is 0 Å². The summed E-state index contributed by atoms with van der Waals surface area (Å²) >= 11 is 1.55. The van der Waals surface area contributed by atoms with Crippen molar-refractivity contribution < 1.29 is 4.79 Å². The van der Waals surface area contributed by atoms with Crippen molar-refractivity contribution in [2.45, 2.75) is 50.5 Å². The Bertz CT molecular complexity index is 1160. The van der Waals surface area contributed by atoms with E-state index in [2.05, 4.69) is 15.5 Å². The molecule has 0 spiro atoms. The number of anilines is 1. The summed E-state index contributed by atoms with van der Waals surface area (Å²) < 4.78 is 1.80. The Morgan fingerprint density at radius 1 is 1.07 bits per heavy atom. The van der Waals surface area contributed by atoms with Crippen molar-refractivity contribution >= 4 is 33.3 Å². The van der Waals surface area contributed by atoms with Crippen LogP contribution in [0.1, 0.15) is 43.5 Å². The van der Waals surface area contributed by atoms with Crippen LogP contribution in [0.3, 0.4) is 0 Å². The molecule has 4 aliphatic rings. The maximum absolute atomic E-state index is 12.7. The molecule has 1 N–H and O–H groups in total. The number of aromatic nitrogens is 3. The molecule has 1 amide bonds. The van der Waals surface area contributed by atoms with Gasteiger partial charge in [-0.15, -0.1) is 10.2 Å². The lowest BCUT2D eigenvalue weighted by Crippen LogP contribution is -2.48. The molecule has 4 aliphatic carbocycles. The summed E-state index contributed by atoms with van der Waals surface area (Å²) in [4.78, 5) is 24.7. The van der Waals surface area contributed by atoms with Crippen LogP contribution in [0.5, 0.6) is 0 Å². The van der Waals surface area contributed by atoms with Crippen LogP contribution in [0.25, 0.3) is 10.9 Å². The van der Waals surface area contributed by atoms with E-state index < -0.39 is 0 Å². The van der Waals surface area contributed by atoms with E-state index in [0.29, 0.717) is 10.5 Å². The lowest BCUT2D eigenvalue weighted by molar-refractivity contribution is -0.116. The fraction of sp³-hybridized carbons (Fsp3) is 0.478. The zero-order valence-corrected chi connectivity index (χ0v) is 17.5. The van der Waals surface area contributed by atoms with Gasteiger partial charge in [-0.25, -0.2) is 0 Å². The van der Waals surface area contributed by atoms with Crippen molar-refractivity contribution in [1.82, 2.24) is 14.8 Å². The molecule has 0 unspecified atom stereocenters. The van der Waals surface area contributed by atoms with Crippen molar-refractivity contribution in [1.29, 1.82) is 0 Å². The third kappa shape index (κ3) is 2.98. The molecular weight excluding hydrogens is 396 g/mol. The van der Waals surface area contributed by atoms with Gasteiger partial charge in [0.2, 0.25) is 11.0 Å². The summed E-state index contributed by atoms with van der Waals surface area (Å²) in [6.07, 6.45) is 9.59. The first-order valence-corrected chi connectivity index (χ1v) is 11.6. The quantitative estimate of drug-likeness (QED) is 0.693. The number of para-hydroxylation sites is 1. The number of hydrogen-bond acceptors (Lipinski definition) is 5. The predicted molar refractivity (Wildman–Crippen MR) is 117 cm³/mol. The summed E-state index contributed by atoms with van der Waals surface area (Å²) in [6.45, 7) is 0.132. The Balaban J connectivity index is 1.20. The summed E-state index contributed by atoms with van der Waals surface area (Å²) in [6, 6.07) is 8.86. The summed E-state index contributed by atoms with van der Waals surface area (Å²) in [7, 11) is 0. The van der Waals surface area contributed by atoms with Gasteiger partial charge >= 0.3 is 0 Å². The first-order valence-electron chi connectivity index (χ1n) is 10.8. The largest absolute Gasteiger partial charge is 0.338 e. The molecule has 1 aromatic carbocycles. The fourth-order valence-electron chi connectivity index (χ4n) is 6.57. The molecule has 3 aromatic rings. The van der Waals surface area contributed by atoms with E-state index in [1.165, 1.54) is 44.6 Å². The monoisotopic (exact) mass is 420 g/mol. The van der Waals surface area contributed by atoms with Gasteiger partial charge in [-0.05, 0) is 68.4 Å². The van der Waals surface area contributed by atoms with Crippen molar-refractivity contribution in [2.24, 2.45) is 17.8 Å². The summed E-state index contributed by atoms with van der Waals surface area (Å²) in [5.41, 5.74) is 0.919. The normalized spacial score (nSPS) is 29.4. The maximum atomic E-state index is 12.7. The number of amides is 1. The van der Waals surface area contributed by atoms with Crippen LogP contribution in [0.2, 0.25) is 0 Å². The highest BCUT2D eigenvalue weighted by Crippen LogP contribution is 2.61. The summed E-state index contributed by atoms with van der Waals surface area (Å²) in [5, 5.41) is 14.1. The number of pyridine rings is 1. The highest BCUT2D eigenvalue weighted by atomic mass is 32.1. The Morgan fingerprint density at radius 2 is 1.77 bits per heavy atom. The number of nitrogens with zero attached hydrogens (tertiary/aromatic N) is 3. The maximum Gasteiger partial charge on any atom is 0.246 e. The Labute approximate surface area is 178 Å². The highest BCUT2D eigenvalue weighted by Gasteiger charge is 2.53. The third-order valence-electron chi connectivity index (χ3n) is 7.36. The molecule has 0 aliphatic heterocycles. The van der Waals surface area contributed by atoms with E-state index in [0.717, 1.165) is 28.3 Å². The highest BCUT2D eigenvalue weighted by molar-refractivity contribution is 7.15. The molecule has 0 radical (unpaired) electrons. The molecule has 4 saturated carbocycles. The number of carbonyl (C=O) groups is 1.